The quantitative estimate of drug-likeness (QED) is 0.486. The number of nitrogens with zero attached hydrogens (tertiary/aromatic N) is 3. The van der Waals surface area contributed by atoms with Crippen molar-refractivity contribution in [2.24, 2.45) is 20.9 Å². The molecule has 1 atom stereocenters. The van der Waals surface area contributed by atoms with Crippen molar-refractivity contribution in [3.8, 4) is 0 Å². The van der Waals surface area contributed by atoms with Crippen molar-refractivity contribution in [2.45, 2.75) is 25.9 Å². The van der Waals surface area contributed by atoms with Gasteiger partial charge in [0, 0.05) is 11.9 Å². The third kappa shape index (κ3) is 4.64. The Bertz CT molecular complexity index is 1340. The van der Waals surface area contributed by atoms with Crippen LogP contribution in [0.25, 0.3) is 10.8 Å². The zero-order chi connectivity index (χ0) is 23.1. The summed E-state index contributed by atoms with van der Waals surface area (Å²) in [6, 6.07) is 7.57. The summed E-state index contributed by atoms with van der Waals surface area (Å²) >= 11 is 6.56. The van der Waals surface area contributed by atoms with Crippen LogP contribution < -0.4 is 20.5 Å². The molecular weight excluding hydrogens is 480 g/mol. The monoisotopic (exact) mass is 500 g/mol. The van der Waals surface area contributed by atoms with Gasteiger partial charge in [-0.2, -0.15) is 8.42 Å². The first-order valence-corrected chi connectivity index (χ1v) is 13.1. The molecule has 0 aliphatic carbocycles. The van der Waals surface area contributed by atoms with Crippen molar-refractivity contribution in [3.63, 3.8) is 0 Å². The summed E-state index contributed by atoms with van der Waals surface area (Å²) in [6.45, 7) is 0.786. The molecule has 0 aromatic heterocycles. The van der Waals surface area contributed by atoms with E-state index in [2.05, 4.69) is 9.98 Å². The smallest absolute Gasteiger partial charge is 0.274 e. The number of hydrogen-bond acceptors (Lipinski definition) is 9. The van der Waals surface area contributed by atoms with E-state index in [9.17, 15) is 16.8 Å². The zero-order valence-corrected chi connectivity index (χ0v) is 19.1. The Kier molecular flexibility index (Phi) is 6.24. The van der Waals surface area contributed by atoms with Gasteiger partial charge in [-0.25, -0.2) is 28.3 Å². The van der Waals surface area contributed by atoms with Gasteiger partial charge in [-0.3, -0.25) is 10.6 Å². The number of benzene rings is 2. The Morgan fingerprint density at radius 2 is 1.97 bits per heavy atom. The second kappa shape index (κ2) is 8.67. The highest BCUT2D eigenvalue weighted by atomic mass is 35.5. The molecule has 172 valence electrons. The van der Waals surface area contributed by atoms with Gasteiger partial charge in [-0.05, 0) is 29.0 Å². The molecule has 14 heteroatoms. The molecule has 2 heterocycles. The third-order valence-corrected chi connectivity index (χ3v) is 7.51. The summed E-state index contributed by atoms with van der Waals surface area (Å²) in [6.07, 6.45) is 0.214. The zero-order valence-electron chi connectivity index (χ0n) is 16.7. The third-order valence-electron chi connectivity index (χ3n) is 5.02. The van der Waals surface area contributed by atoms with E-state index in [0.29, 0.717) is 23.9 Å². The summed E-state index contributed by atoms with van der Waals surface area (Å²) in [7, 11) is -7.77. The summed E-state index contributed by atoms with van der Waals surface area (Å²) in [4.78, 5) is 9.57. The van der Waals surface area contributed by atoms with Gasteiger partial charge in [-0.15, -0.1) is 0 Å². The van der Waals surface area contributed by atoms with E-state index in [0.717, 1.165) is 21.9 Å². The number of sulfone groups is 1. The Labute approximate surface area is 190 Å². The minimum Gasteiger partial charge on any atom is -0.372 e. The van der Waals surface area contributed by atoms with E-state index in [4.69, 9.17) is 27.2 Å². The van der Waals surface area contributed by atoms with Crippen molar-refractivity contribution in [2.75, 3.05) is 17.2 Å². The first-order chi connectivity index (χ1) is 15.1. The van der Waals surface area contributed by atoms with Crippen molar-refractivity contribution in [3.05, 3.63) is 40.4 Å². The van der Waals surface area contributed by atoms with Crippen molar-refractivity contribution in [1.82, 2.24) is 4.72 Å². The molecule has 0 radical (unpaired) electrons. The minimum atomic E-state index is -3.89. The summed E-state index contributed by atoms with van der Waals surface area (Å²) < 4.78 is 54.5. The van der Waals surface area contributed by atoms with Crippen molar-refractivity contribution >= 4 is 59.6 Å². The Balaban J connectivity index is 1.59. The lowest BCUT2D eigenvalue weighted by Gasteiger charge is -2.30. The van der Waals surface area contributed by atoms with Gasteiger partial charge in [0.1, 0.15) is 6.34 Å². The number of hydrogen-bond donors (Lipinski definition) is 3. The fraction of sp³-hybridized carbons (Fsp3) is 0.333. The molecule has 0 bridgehead atoms. The fourth-order valence-electron chi connectivity index (χ4n) is 3.67. The molecule has 5 N–H and O–H groups in total. The van der Waals surface area contributed by atoms with Gasteiger partial charge < -0.3 is 4.74 Å². The van der Waals surface area contributed by atoms with E-state index in [1.165, 1.54) is 11.2 Å². The Morgan fingerprint density at radius 1 is 1.22 bits per heavy atom. The number of amidine groups is 1. The Hall–Kier alpha value is -2.13. The fourth-order valence-corrected chi connectivity index (χ4v) is 5.62. The van der Waals surface area contributed by atoms with E-state index < -0.39 is 31.5 Å². The number of halogens is 1. The highest BCUT2D eigenvalue weighted by Crippen LogP contribution is 2.40. The van der Waals surface area contributed by atoms with Crippen LogP contribution in [-0.2, 0) is 38.0 Å². The van der Waals surface area contributed by atoms with E-state index in [1.807, 2.05) is 22.9 Å². The minimum absolute atomic E-state index is 0.00493. The van der Waals surface area contributed by atoms with Gasteiger partial charge in [0.25, 0.3) is 10.2 Å². The SMILES string of the molecule is NC1N=C(S(=O)(=O)CCCNS(N)(=O)=O)N=CN1c1c(Cl)cc2c3c(cccc13)COC2. The average Bonchev–Trinajstić information content (AvgIpc) is 2.72. The molecule has 11 nitrogen and oxygen atoms in total. The largest absolute Gasteiger partial charge is 0.372 e. The van der Waals surface area contributed by atoms with Crippen molar-refractivity contribution in [1.29, 1.82) is 0 Å². The normalized spacial score (nSPS) is 18.8. The van der Waals surface area contributed by atoms with Gasteiger partial charge >= 0.3 is 0 Å². The lowest BCUT2D eigenvalue weighted by molar-refractivity contribution is 0.103. The number of rotatable bonds is 6. The molecule has 0 saturated heterocycles. The lowest BCUT2D eigenvalue weighted by atomic mass is 9.96. The highest BCUT2D eigenvalue weighted by Gasteiger charge is 2.29. The summed E-state index contributed by atoms with van der Waals surface area (Å²) in [5.74, 6) is -0.375. The molecule has 0 spiro atoms. The first-order valence-electron chi connectivity index (χ1n) is 9.53. The molecule has 32 heavy (non-hydrogen) atoms. The molecule has 2 aromatic rings. The molecule has 2 aliphatic rings. The standard InChI is InChI=1S/C18H21ClN6O5S2/c19-14-7-12-9-30-8-11-3-1-4-13(15(11)12)16(14)25-10-22-18(24-17(25)20)31(26,27)6-2-5-23-32(21,28)29/h1,3-4,7,10,17,23H,2,5-6,8-9,20H2,(H2,21,28,29). The van der Waals surface area contributed by atoms with Crippen LogP contribution in [0.2, 0.25) is 5.02 Å². The molecule has 1 unspecified atom stereocenters. The molecular formula is C18H21ClN6O5S2. The van der Waals surface area contributed by atoms with Crippen LogP contribution in [0.15, 0.2) is 34.3 Å². The maximum absolute atomic E-state index is 12.5. The van der Waals surface area contributed by atoms with Crippen LogP contribution in [0, 0.1) is 0 Å². The number of ether oxygens (including phenoxy) is 1. The highest BCUT2D eigenvalue weighted by molar-refractivity contribution is 8.06. The summed E-state index contributed by atoms with van der Waals surface area (Å²) in [5.41, 5.74) is 8.73. The number of anilines is 1. The maximum atomic E-state index is 12.5. The van der Waals surface area contributed by atoms with Crippen LogP contribution in [0.3, 0.4) is 0 Å². The molecule has 4 rings (SSSR count). The van der Waals surface area contributed by atoms with E-state index >= 15 is 0 Å². The molecule has 0 fully saturated rings. The average molecular weight is 501 g/mol. The molecule has 0 saturated carbocycles. The predicted molar refractivity (Wildman–Crippen MR) is 123 cm³/mol. The number of aliphatic imine (C=N–C) groups is 2. The maximum Gasteiger partial charge on any atom is 0.274 e. The lowest BCUT2D eigenvalue weighted by Crippen LogP contribution is -2.44. The topological polar surface area (TPSA) is 170 Å². The second-order valence-electron chi connectivity index (χ2n) is 7.29. The van der Waals surface area contributed by atoms with Gasteiger partial charge in [-0.1, -0.05) is 29.8 Å². The first kappa shape index (κ1) is 23.0. The van der Waals surface area contributed by atoms with Gasteiger partial charge in [0.05, 0.1) is 29.7 Å². The number of nitrogens with two attached hydrogens (primary N) is 2. The van der Waals surface area contributed by atoms with Crippen LogP contribution in [0.4, 0.5) is 5.69 Å². The molecule has 0 amide bonds. The Morgan fingerprint density at radius 3 is 2.69 bits per heavy atom. The van der Waals surface area contributed by atoms with Crippen LogP contribution in [-0.4, -0.2) is 46.9 Å². The number of nitrogens with one attached hydrogen (secondary N) is 1. The summed E-state index contributed by atoms with van der Waals surface area (Å²) in [5, 5.41) is 6.66. The van der Waals surface area contributed by atoms with Crippen molar-refractivity contribution < 1.29 is 21.6 Å². The van der Waals surface area contributed by atoms with Crippen LogP contribution in [0.5, 0.6) is 0 Å². The van der Waals surface area contributed by atoms with Gasteiger partial charge in [0.15, 0.2) is 6.29 Å². The predicted octanol–water partition coefficient (Wildman–Crippen LogP) is 0.568. The van der Waals surface area contributed by atoms with Gasteiger partial charge in [0.2, 0.25) is 15.0 Å². The molecule has 2 aromatic carbocycles. The van der Waals surface area contributed by atoms with E-state index in [-0.39, 0.29) is 18.7 Å². The second-order valence-corrected chi connectivity index (χ2v) is 11.1. The van der Waals surface area contributed by atoms with E-state index in [1.54, 1.807) is 6.07 Å². The van der Waals surface area contributed by atoms with Crippen LogP contribution in [0.1, 0.15) is 17.5 Å². The molecule has 2 aliphatic heterocycles. The van der Waals surface area contributed by atoms with Crippen LogP contribution >= 0.6 is 11.6 Å².